The van der Waals surface area contributed by atoms with Gasteiger partial charge in [0.25, 0.3) is 5.91 Å². The zero-order chi connectivity index (χ0) is 15.4. The number of aliphatic hydroxyl groups excluding tert-OH is 1. The van der Waals surface area contributed by atoms with Crippen LogP contribution in [-0.4, -0.2) is 53.0 Å². The van der Waals surface area contributed by atoms with Crippen LogP contribution in [0.5, 0.6) is 0 Å². The van der Waals surface area contributed by atoms with Gasteiger partial charge in [-0.05, 0) is 31.0 Å². The Bertz CT molecular complexity index is 530. The van der Waals surface area contributed by atoms with Crippen LogP contribution in [0.1, 0.15) is 35.7 Å². The van der Waals surface area contributed by atoms with E-state index in [1.54, 1.807) is 20.0 Å². The molecule has 2 rings (SSSR count). The molecule has 21 heavy (non-hydrogen) atoms. The largest absolute Gasteiger partial charge is 0.394 e. The second kappa shape index (κ2) is 6.72. The van der Waals surface area contributed by atoms with E-state index >= 15 is 0 Å². The highest BCUT2D eigenvalue weighted by Gasteiger charge is 2.21. The molecule has 1 saturated heterocycles. The molecule has 0 saturated carbocycles. The first-order valence-corrected chi connectivity index (χ1v) is 7.27. The van der Waals surface area contributed by atoms with Gasteiger partial charge in [0.2, 0.25) is 5.91 Å². The molecule has 0 unspecified atom stereocenters. The van der Waals surface area contributed by atoms with E-state index in [1.807, 2.05) is 23.1 Å². The second-order valence-electron chi connectivity index (χ2n) is 5.57. The Kier molecular flexibility index (Phi) is 4.96. The molecular weight excluding hydrogens is 268 g/mol. The summed E-state index contributed by atoms with van der Waals surface area (Å²) in [6, 6.07) is 7.13. The van der Waals surface area contributed by atoms with Crippen LogP contribution in [0.4, 0.5) is 0 Å². The quantitative estimate of drug-likeness (QED) is 0.888. The third-order valence-corrected chi connectivity index (χ3v) is 3.96. The average Bonchev–Trinajstić information content (AvgIpc) is 2.90. The van der Waals surface area contributed by atoms with Gasteiger partial charge in [0.1, 0.15) is 0 Å². The van der Waals surface area contributed by atoms with Crippen molar-refractivity contribution in [3.05, 3.63) is 35.4 Å². The Morgan fingerprint density at radius 1 is 1.48 bits per heavy atom. The van der Waals surface area contributed by atoms with E-state index < -0.39 is 0 Å². The maximum atomic E-state index is 12.3. The molecule has 1 aromatic rings. The molecule has 1 atom stereocenters. The van der Waals surface area contributed by atoms with Gasteiger partial charge in [0, 0.05) is 32.1 Å². The number of carbonyl (C=O) groups excluding carboxylic acids is 2. The number of benzene rings is 1. The molecule has 1 heterocycles. The van der Waals surface area contributed by atoms with Gasteiger partial charge in [-0.15, -0.1) is 0 Å². The van der Waals surface area contributed by atoms with E-state index in [0.29, 0.717) is 18.5 Å². The number of hydrogen-bond donors (Lipinski definition) is 1. The molecule has 0 aromatic heterocycles. The van der Waals surface area contributed by atoms with Crippen molar-refractivity contribution in [3.63, 3.8) is 0 Å². The number of carbonyl (C=O) groups is 2. The lowest BCUT2D eigenvalue weighted by atomic mass is 10.1. The van der Waals surface area contributed by atoms with Gasteiger partial charge in [0.05, 0.1) is 12.6 Å². The summed E-state index contributed by atoms with van der Waals surface area (Å²) >= 11 is 0. The predicted molar refractivity (Wildman–Crippen MR) is 79.7 cm³/mol. The molecule has 0 spiro atoms. The maximum absolute atomic E-state index is 12.3. The third kappa shape index (κ3) is 3.61. The smallest absolute Gasteiger partial charge is 0.253 e. The fourth-order valence-electron chi connectivity index (χ4n) is 2.42. The van der Waals surface area contributed by atoms with E-state index in [4.69, 9.17) is 5.11 Å². The zero-order valence-corrected chi connectivity index (χ0v) is 12.6. The van der Waals surface area contributed by atoms with Crippen molar-refractivity contribution in [1.82, 2.24) is 9.80 Å². The Morgan fingerprint density at radius 2 is 2.24 bits per heavy atom. The molecule has 0 radical (unpaired) electrons. The van der Waals surface area contributed by atoms with Gasteiger partial charge in [-0.3, -0.25) is 9.59 Å². The van der Waals surface area contributed by atoms with Crippen LogP contribution < -0.4 is 0 Å². The number of likely N-dealkylation sites (tertiary alicyclic amines) is 1. The van der Waals surface area contributed by atoms with E-state index in [2.05, 4.69) is 0 Å². The normalized spacial score (nSPS) is 16.1. The molecular formula is C16H22N2O3. The molecule has 1 aromatic carbocycles. The molecule has 2 amide bonds. The lowest BCUT2D eigenvalue weighted by Gasteiger charge is -2.23. The maximum Gasteiger partial charge on any atom is 0.253 e. The third-order valence-electron chi connectivity index (χ3n) is 3.96. The fourth-order valence-corrected chi connectivity index (χ4v) is 2.42. The van der Waals surface area contributed by atoms with Gasteiger partial charge < -0.3 is 14.9 Å². The minimum Gasteiger partial charge on any atom is -0.394 e. The topological polar surface area (TPSA) is 60.9 Å². The lowest BCUT2D eigenvalue weighted by molar-refractivity contribution is -0.128. The van der Waals surface area contributed by atoms with Crippen LogP contribution in [0.2, 0.25) is 0 Å². The Morgan fingerprint density at radius 3 is 2.86 bits per heavy atom. The molecule has 5 heteroatoms. The minimum atomic E-state index is -0.221. The first kappa shape index (κ1) is 15.5. The average molecular weight is 290 g/mol. The molecule has 1 aliphatic heterocycles. The summed E-state index contributed by atoms with van der Waals surface area (Å²) < 4.78 is 0. The Labute approximate surface area is 125 Å². The second-order valence-corrected chi connectivity index (χ2v) is 5.57. The molecule has 114 valence electrons. The monoisotopic (exact) mass is 290 g/mol. The van der Waals surface area contributed by atoms with Crippen LogP contribution in [0, 0.1) is 0 Å². The van der Waals surface area contributed by atoms with Gasteiger partial charge >= 0.3 is 0 Å². The molecule has 1 aliphatic rings. The number of nitrogens with zero attached hydrogens (tertiary/aromatic N) is 2. The van der Waals surface area contributed by atoms with Crippen molar-refractivity contribution in [2.24, 2.45) is 0 Å². The summed E-state index contributed by atoms with van der Waals surface area (Å²) in [5, 5.41) is 9.14. The summed E-state index contributed by atoms with van der Waals surface area (Å²) in [6.07, 6.45) is 1.53. The highest BCUT2D eigenvalue weighted by molar-refractivity contribution is 5.94. The summed E-state index contributed by atoms with van der Waals surface area (Å²) in [6.45, 7) is 3.08. The SMILES string of the molecule is C[C@@H](CO)N(C)C(=O)c1cccc(CN2CCCC2=O)c1. The van der Waals surface area contributed by atoms with E-state index in [0.717, 1.165) is 18.5 Å². The molecule has 1 N–H and O–H groups in total. The number of hydrogen-bond acceptors (Lipinski definition) is 3. The summed E-state index contributed by atoms with van der Waals surface area (Å²) in [5.41, 5.74) is 1.54. The van der Waals surface area contributed by atoms with Crippen LogP contribution in [-0.2, 0) is 11.3 Å². The number of rotatable bonds is 5. The summed E-state index contributed by atoms with van der Waals surface area (Å²) in [4.78, 5) is 27.3. The van der Waals surface area contributed by atoms with E-state index in [-0.39, 0.29) is 24.5 Å². The van der Waals surface area contributed by atoms with Crippen molar-refractivity contribution in [1.29, 1.82) is 0 Å². The minimum absolute atomic E-state index is 0.0653. The highest BCUT2D eigenvalue weighted by atomic mass is 16.3. The van der Waals surface area contributed by atoms with Gasteiger partial charge in [-0.25, -0.2) is 0 Å². The molecule has 5 nitrogen and oxygen atoms in total. The Balaban J connectivity index is 2.10. The molecule has 0 bridgehead atoms. The van der Waals surface area contributed by atoms with E-state index in [1.165, 1.54) is 4.90 Å². The fraction of sp³-hybridized carbons (Fsp3) is 0.500. The van der Waals surface area contributed by atoms with Crippen LogP contribution >= 0.6 is 0 Å². The van der Waals surface area contributed by atoms with Gasteiger partial charge in [-0.1, -0.05) is 12.1 Å². The predicted octanol–water partition coefficient (Wildman–Crippen LogP) is 1.26. The molecule has 1 fully saturated rings. The standard InChI is InChI=1S/C16H22N2O3/c1-12(11-19)17(2)16(21)14-6-3-5-13(9-14)10-18-8-4-7-15(18)20/h3,5-6,9,12,19H,4,7-8,10-11H2,1-2H3/t12-/m0/s1. The number of aliphatic hydroxyl groups is 1. The van der Waals surface area contributed by atoms with Crippen LogP contribution in [0.3, 0.4) is 0 Å². The van der Waals surface area contributed by atoms with Crippen LogP contribution in [0.25, 0.3) is 0 Å². The van der Waals surface area contributed by atoms with Crippen molar-refractivity contribution in [2.75, 3.05) is 20.2 Å². The highest BCUT2D eigenvalue weighted by Crippen LogP contribution is 2.16. The lowest BCUT2D eigenvalue weighted by Crippen LogP contribution is -2.37. The van der Waals surface area contributed by atoms with Crippen molar-refractivity contribution >= 4 is 11.8 Å². The van der Waals surface area contributed by atoms with E-state index in [9.17, 15) is 9.59 Å². The van der Waals surface area contributed by atoms with Crippen molar-refractivity contribution in [2.45, 2.75) is 32.4 Å². The first-order valence-electron chi connectivity index (χ1n) is 7.27. The van der Waals surface area contributed by atoms with Crippen molar-refractivity contribution in [3.8, 4) is 0 Å². The van der Waals surface area contributed by atoms with Gasteiger partial charge in [-0.2, -0.15) is 0 Å². The number of amides is 2. The number of likely N-dealkylation sites (N-methyl/N-ethyl adjacent to an activating group) is 1. The first-order chi connectivity index (χ1) is 10.0. The summed E-state index contributed by atoms with van der Waals surface area (Å²) in [5.74, 6) is 0.0592. The van der Waals surface area contributed by atoms with Crippen molar-refractivity contribution < 1.29 is 14.7 Å². The summed E-state index contributed by atoms with van der Waals surface area (Å²) in [7, 11) is 1.68. The Hall–Kier alpha value is -1.88. The van der Waals surface area contributed by atoms with Crippen LogP contribution in [0.15, 0.2) is 24.3 Å². The zero-order valence-electron chi connectivity index (χ0n) is 12.6. The van der Waals surface area contributed by atoms with Gasteiger partial charge in [0.15, 0.2) is 0 Å². The molecule has 0 aliphatic carbocycles.